The lowest BCUT2D eigenvalue weighted by Crippen LogP contribution is -1.99. The van der Waals surface area contributed by atoms with Gasteiger partial charge in [0.25, 0.3) is 0 Å². The minimum Gasteiger partial charge on any atom is -0.383 e. The van der Waals surface area contributed by atoms with Gasteiger partial charge in [0.15, 0.2) is 0 Å². The molecule has 2 aromatic rings. The van der Waals surface area contributed by atoms with Crippen molar-refractivity contribution in [1.29, 1.82) is 0 Å². The van der Waals surface area contributed by atoms with Crippen LogP contribution in [0.25, 0.3) is 11.4 Å². The Morgan fingerprint density at radius 1 is 1.14 bits per heavy atom. The normalized spacial score (nSPS) is 10.1. The van der Waals surface area contributed by atoms with Crippen molar-refractivity contribution in [3.63, 3.8) is 0 Å². The Labute approximate surface area is 81.1 Å². The molecule has 0 spiro atoms. The van der Waals surface area contributed by atoms with Crippen LogP contribution < -0.4 is 5.73 Å². The van der Waals surface area contributed by atoms with Crippen LogP contribution in [-0.4, -0.2) is 19.9 Å². The second-order valence-corrected chi connectivity index (χ2v) is 2.82. The Balaban J connectivity index is 2.58. The van der Waals surface area contributed by atoms with Crippen molar-refractivity contribution in [2.45, 2.75) is 6.92 Å². The van der Waals surface area contributed by atoms with E-state index in [0.717, 1.165) is 11.3 Å². The summed E-state index contributed by atoms with van der Waals surface area (Å²) in [5, 5.41) is 0. The molecule has 0 aromatic carbocycles. The molecule has 70 valence electrons. The van der Waals surface area contributed by atoms with Gasteiger partial charge in [-0.3, -0.25) is 9.97 Å². The molecule has 0 bridgehead atoms. The molecule has 2 aromatic heterocycles. The molecular weight excluding hydrogens is 178 g/mol. The smallest absolute Gasteiger partial charge is 0.130 e. The van der Waals surface area contributed by atoms with Crippen LogP contribution in [0.2, 0.25) is 0 Å². The molecule has 14 heavy (non-hydrogen) atoms. The van der Waals surface area contributed by atoms with Crippen LogP contribution in [-0.2, 0) is 0 Å². The minimum atomic E-state index is 0.473. The molecule has 0 aliphatic heterocycles. The summed E-state index contributed by atoms with van der Waals surface area (Å²) in [6.45, 7) is 1.86. The highest BCUT2D eigenvalue weighted by atomic mass is 14.9. The Morgan fingerprint density at radius 2 is 2.00 bits per heavy atom. The number of anilines is 1. The third-order valence-electron chi connectivity index (χ3n) is 1.93. The van der Waals surface area contributed by atoms with Crippen molar-refractivity contribution in [3.8, 4) is 11.4 Å². The lowest BCUT2D eigenvalue weighted by molar-refractivity contribution is 1.11. The van der Waals surface area contributed by atoms with Crippen LogP contribution in [0.4, 0.5) is 5.82 Å². The van der Waals surface area contributed by atoms with Crippen LogP contribution >= 0.6 is 0 Å². The molecule has 2 heterocycles. The molecule has 0 radical (unpaired) electrons. The van der Waals surface area contributed by atoms with E-state index in [2.05, 4.69) is 19.9 Å². The number of nitrogen functional groups attached to an aromatic ring is 1. The van der Waals surface area contributed by atoms with Gasteiger partial charge in [-0.05, 0) is 6.92 Å². The molecule has 0 fully saturated rings. The van der Waals surface area contributed by atoms with Gasteiger partial charge in [0.1, 0.15) is 17.8 Å². The van der Waals surface area contributed by atoms with Crippen LogP contribution in [0.1, 0.15) is 5.56 Å². The molecule has 2 rings (SSSR count). The maximum atomic E-state index is 5.66. The van der Waals surface area contributed by atoms with Crippen molar-refractivity contribution in [1.82, 2.24) is 19.9 Å². The highest BCUT2D eigenvalue weighted by molar-refractivity contribution is 5.62. The van der Waals surface area contributed by atoms with Gasteiger partial charge in [-0.15, -0.1) is 0 Å². The SMILES string of the molecule is Cc1c(N)ncnc1-c1cnccn1. The molecule has 0 atom stereocenters. The number of aromatic nitrogens is 4. The van der Waals surface area contributed by atoms with E-state index in [0.29, 0.717) is 11.5 Å². The lowest BCUT2D eigenvalue weighted by atomic mass is 10.2. The summed E-state index contributed by atoms with van der Waals surface area (Å²) in [7, 11) is 0. The number of hydrogen-bond donors (Lipinski definition) is 1. The molecule has 0 aliphatic carbocycles. The Hall–Kier alpha value is -2.04. The standard InChI is InChI=1S/C9H9N5/c1-6-8(13-5-14-9(6)10)7-4-11-2-3-12-7/h2-5H,1H3,(H2,10,13,14). The van der Waals surface area contributed by atoms with E-state index < -0.39 is 0 Å². The van der Waals surface area contributed by atoms with E-state index >= 15 is 0 Å². The van der Waals surface area contributed by atoms with Crippen LogP contribution in [0.5, 0.6) is 0 Å². The molecule has 5 heteroatoms. The highest BCUT2D eigenvalue weighted by Crippen LogP contribution is 2.19. The molecule has 0 unspecified atom stereocenters. The Bertz CT molecular complexity index is 440. The first-order chi connectivity index (χ1) is 6.79. The van der Waals surface area contributed by atoms with Gasteiger partial charge in [0.2, 0.25) is 0 Å². The van der Waals surface area contributed by atoms with Crippen molar-refractivity contribution < 1.29 is 0 Å². The summed E-state index contributed by atoms with van der Waals surface area (Å²) < 4.78 is 0. The van der Waals surface area contributed by atoms with E-state index in [-0.39, 0.29) is 0 Å². The molecule has 0 saturated carbocycles. The molecular formula is C9H9N5. The number of nitrogens with two attached hydrogens (primary N) is 1. The predicted octanol–water partition coefficient (Wildman–Crippen LogP) is 0.824. The first-order valence-corrected chi connectivity index (χ1v) is 4.12. The topological polar surface area (TPSA) is 77.6 Å². The Morgan fingerprint density at radius 3 is 2.71 bits per heavy atom. The van der Waals surface area contributed by atoms with Crippen LogP contribution in [0.3, 0.4) is 0 Å². The quantitative estimate of drug-likeness (QED) is 0.715. The van der Waals surface area contributed by atoms with Gasteiger partial charge in [-0.25, -0.2) is 9.97 Å². The molecule has 0 aliphatic rings. The van der Waals surface area contributed by atoms with E-state index in [9.17, 15) is 0 Å². The summed E-state index contributed by atoms with van der Waals surface area (Å²) in [4.78, 5) is 16.1. The van der Waals surface area contributed by atoms with Crippen molar-refractivity contribution in [3.05, 3.63) is 30.5 Å². The highest BCUT2D eigenvalue weighted by Gasteiger charge is 2.07. The van der Waals surface area contributed by atoms with Gasteiger partial charge >= 0.3 is 0 Å². The fourth-order valence-corrected chi connectivity index (χ4v) is 1.14. The number of rotatable bonds is 1. The van der Waals surface area contributed by atoms with E-state index in [1.807, 2.05) is 6.92 Å². The van der Waals surface area contributed by atoms with E-state index in [1.165, 1.54) is 6.33 Å². The van der Waals surface area contributed by atoms with Gasteiger partial charge in [0, 0.05) is 18.0 Å². The summed E-state index contributed by atoms with van der Waals surface area (Å²) in [5.74, 6) is 0.473. The number of hydrogen-bond acceptors (Lipinski definition) is 5. The van der Waals surface area contributed by atoms with Gasteiger partial charge < -0.3 is 5.73 Å². The third-order valence-corrected chi connectivity index (χ3v) is 1.93. The van der Waals surface area contributed by atoms with Crippen molar-refractivity contribution in [2.24, 2.45) is 0 Å². The summed E-state index contributed by atoms with van der Waals surface area (Å²) in [6.07, 6.45) is 6.30. The summed E-state index contributed by atoms with van der Waals surface area (Å²) in [5.41, 5.74) is 7.92. The molecule has 0 amide bonds. The fraction of sp³-hybridized carbons (Fsp3) is 0.111. The van der Waals surface area contributed by atoms with Gasteiger partial charge in [0.05, 0.1) is 11.9 Å². The predicted molar refractivity (Wildman–Crippen MR) is 52.2 cm³/mol. The van der Waals surface area contributed by atoms with E-state index in [4.69, 9.17) is 5.73 Å². The average molecular weight is 187 g/mol. The first kappa shape index (κ1) is 8.55. The molecule has 5 nitrogen and oxygen atoms in total. The zero-order valence-corrected chi connectivity index (χ0v) is 7.68. The monoisotopic (exact) mass is 187 g/mol. The minimum absolute atomic E-state index is 0.473. The number of nitrogens with zero attached hydrogens (tertiary/aromatic N) is 4. The lowest BCUT2D eigenvalue weighted by Gasteiger charge is -2.04. The van der Waals surface area contributed by atoms with Gasteiger partial charge in [-0.1, -0.05) is 0 Å². The van der Waals surface area contributed by atoms with Crippen molar-refractivity contribution >= 4 is 5.82 Å². The maximum absolute atomic E-state index is 5.66. The van der Waals surface area contributed by atoms with Gasteiger partial charge in [-0.2, -0.15) is 0 Å². The van der Waals surface area contributed by atoms with Crippen LogP contribution in [0.15, 0.2) is 24.9 Å². The Kier molecular flexibility index (Phi) is 2.06. The molecule has 2 N–H and O–H groups in total. The van der Waals surface area contributed by atoms with Crippen LogP contribution in [0, 0.1) is 6.92 Å². The summed E-state index contributed by atoms with van der Waals surface area (Å²) in [6, 6.07) is 0. The van der Waals surface area contributed by atoms with Crippen molar-refractivity contribution in [2.75, 3.05) is 5.73 Å². The third kappa shape index (κ3) is 1.39. The summed E-state index contributed by atoms with van der Waals surface area (Å²) >= 11 is 0. The maximum Gasteiger partial charge on any atom is 0.130 e. The average Bonchev–Trinajstić information content (AvgIpc) is 2.23. The second-order valence-electron chi connectivity index (χ2n) is 2.82. The second kappa shape index (κ2) is 3.37. The fourth-order valence-electron chi connectivity index (χ4n) is 1.14. The zero-order chi connectivity index (χ0) is 9.97. The first-order valence-electron chi connectivity index (χ1n) is 4.12. The molecule has 0 saturated heterocycles. The van der Waals surface area contributed by atoms with E-state index in [1.54, 1.807) is 18.6 Å². The largest absolute Gasteiger partial charge is 0.383 e. The zero-order valence-electron chi connectivity index (χ0n) is 7.68.